The summed E-state index contributed by atoms with van der Waals surface area (Å²) in [6.07, 6.45) is -4.04. The number of nitrogen functional groups attached to an aromatic ring is 1. The van der Waals surface area contributed by atoms with Gasteiger partial charge in [-0.1, -0.05) is 18.2 Å². The number of nitrogens with one attached hydrogen (secondary N) is 2. The highest BCUT2D eigenvalue weighted by atomic mass is 19.4. The number of hydrogen-bond acceptors (Lipinski definition) is 5. The molecule has 1 fully saturated rings. The minimum absolute atomic E-state index is 0.0708. The third kappa shape index (κ3) is 6.61. The molecule has 2 aromatic carbocycles. The van der Waals surface area contributed by atoms with Gasteiger partial charge >= 0.3 is 12.2 Å². The summed E-state index contributed by atoms with van der Waals surface area (Å²) >= 11 is 0. The molecular formula is C29H26F5N5O3. The molecule has 220 valence electrons. The highest BCUT2D eigenvalue weighted by Gasteiger charge is 2.36. The highest BCUT2D eigenvalue weighted by molar-refractivity contribution is 5.95. The number of halogens is 5. The molecule has 0 bridgehead atoms. The number of carbonyl (C=O) groups excluding carboxylic acids is 2. The summed E-state index contributed by atoms with van der Waals surface area (Å²) in [5.41, 5.74) is 5.79. The second-order valence-corrected chi connectivity index (χ2v) is 10.0. The molecule has 0 radical (unpaired) electrons. The van der Waals surface area contributed by atoms with Crippen molar-refractivity contribution in [3.63, 3.8) is 0 Å². The van der Waals surface area contributed by atoms with Crippen molar-refractivity contribution in [2.45, 2.75) is 38.0 Å². The third-order valence-electron chi connectivity index (χ3n) is 6.94. The van der Waals surface area contributed by atoms with Crippen molar-refractivity contribution in [1.82, 2.24) is 20.5 Å². The molecule has 8 nitrogen and oxygen atoms in total. The first kappa shape index (κ1) is 28.8. The van der Waals surface area contributed by atoms with Crippen molar-refractivity contribution in [3.8, 4) is 11.1 Å². The molecule has 3 amide bonds. The zero-order chi connectivity index (χ0) is 30.1. The van der Waals surface area contributed by atoms with E-state index in [4.69, 9.17) is 10.2 Å². The molecule has 4 N–H and O–H groups in total. The Morgan fingerprint density at radius 2 is 1.64 bits per heavy atom. The molecule has 2 aromatic heterocycles. The molecule has 0 aliphatic carbocycles. The van der Waals surface area contributed by atoms with Gasteiger partial charge in [0.2, 0.25) is 0 Å². The van der Waals surface area contributed by atoms with Crippen molar-refractivity contribution >= 4 is 28.7 Å². The summed E-state index contributed by atoms with van der Waals surface area (Å²) in [4.78, 5) is 30.2. The van der Waals surface area contributed by atoms with Crippen LogP contribution in [0.1, 0.15) is 40.1 Å². The lowest BCUT2D eigenvalue weighted by Crippen LogP contribution is -2.42. The van der Waals surface area contributed by atoms with Gasteiger partial charge < -0.3 is 25.7 Å². The number of anilines is 1. The number of nitrogens with two attached hydrogens (primary N) is 1. The summed E-state index contributed by atoms with van der Waals surface area (Å²) in [6.45, 7) is -0.136. The fourth-order valence-corrected chi connectivity index (χ4v) is 4.65. The molecule has 3 heterocycles. The van der Waals surface area contributed by atoms with Crippen LogP contribution in [0.25, 0.3) is 22.1 Å². The minimum Gasteiger partial charge on any atom is -0.459 e. The number of urea groups is 1. The number of fused-ring (bicyclic) bond motifs is 1. The van der Waals surface area contributed by atoms with Gasteiger partial charge in [-0.25, -0.2) is 18.6 Å². The number of nitrogens with zero attached hydrogens (tertiary/aromatic N) is 2. The Balaban J connectivity index is 1.30. The number of benzene rings is 2. The first-order valence-electron chi connectivity index (χ1n) is 13.0. The Kier molecular flexibility index (Phi) is 7.76. The van der Waals surface area contributed by atoms with Gasteiger partial charge in [0.05, 0.1) is 12.1 Å². The Bertz CT molecular complexity index is 1590. The first-order chi connectivity index (χ1) is 19.9. The molecule has 5 rings (SSSR count). The molecule has 13 heteroatoms. The summed E-state index contributed by atoms with van der Waals surface area (Å²) < 4.78 is 74.4. The van der Waals surface area contributed by atoms with E-state index in [0.717, 1.165) is 6.07 Å². The predicted molar refractivity (Wildman–Crippen MR) is 144 cm³/mol. The fraction of sp³-hybridized carbons (Fsp3) is 0.276. The Labute approximate surface area is 236 Å². The van der Waals surface area contributed by atoms with E-state index >= 15 is 0 Å². The van der Waals surface area contributed by atoms with Crippen LogP contribution in [0.15, 0.2) is 65.2 Å². The summed E-state index contributed by atoms with van der Waals surface area (Å²) in [5.74, 6) is -2.75. The lowest BCUT2D eigenvalue weighted by molar-refractivity contribution is -0.136. The lowest BCUT2D eigenvalue weighted by Gasteiger charge is -2.31. The van der Waals surface area contributed by atoms with E-state index in [1.54, 1.807) is 12.1 Å². The molecule has 0 unspecified atom stereocenters. The van der Waals surface area contributed by atoms with Gasteiger partial charge in [0, 0.05) is 49.6 Å². The maximum Gasteiger partial charge on any atom is 0.420 e. The van der Waals surface area contributed by atoms with E-state index in [2.05, 4.69) is 15.6 Å². The molecule has 1 saturated heterocycles. The van der Waals surface area contributed by atoms with Crippen LogP contribution >= 0.6 is 0 Å². The van der Waals surface area contributed by atoms with Crippen LogP contribution in [0.5, 0.6) is 0 Å². The smallest absolute Gasteiger partial charge is 0.420 e. The molecule has 1 aliphatic heterocycles. The summed E-state index contributed by atoms with van der Waals surface area (Å²) in [7, 11) is 0. The van der Waals surface area contributed by atoms with E-state index in [9.17, 15) is 31.5 Å². The number of hydrogen-bond donors (Lipinski definition) is 3. The third-order valence-corrected chi connectivity index (χ3v) is 6.94. The average Bonchev–Trinajstić information content (AvgIpc) is 3.37. The molecule has 0 atom stereocenters. The van der Waals surface area contributed by atoms with Crippen LogP contribution in [0, 0.1) is 0 Å². The molecule has 4 aromatic rings. The van der Waals surface area contributed by atoms with Crippen LogP contribution in [-0.4, -0.2) is 40.8 Å². The lowest BCUT2D eigenvalue weighted by atomic mass is 9.98. The number of aromatic nitrogens is 1. The Hall–Kier alpha value is -4.68. The second kappa shape index (κ2) is 11.3. The van der Waals surface area contributed by atoms with E-state index < -0.39 is 42.4 Å². The fourth-order valence-electron chi connectivity index (χ4n) is 4.65. The monoisotopic (exact) mass is 587 g/mol. The Morgan fingerprint density at radius 3 is 2.29 bits per heavy atom. The van der Waals surface area contributed by atoms with E-state index in [1.807, 2.05) is 0 Å². The number of piperidine rings is 1. The number of pyridine rings is 1. The average molecular weight is 588 g/mol. The largest absolute Gasteiger partial charge is 0.459 e. The van der Waals surface area contributed by atoms with Crippen LogP contribution in [0.2, 0.25) is 0 Å². The molecule has 42 heavy (non-hydrogen) atoms. The molecular weight excluding hydrogens is 561 g/mol. The summed E-state index contributed by atoms with van der Waals surface area (Å²) in [5, 5.41) is 5.34. The van der Waals surface area contributed by atoms with Crippen LogP contribution < -0.4 is 16.4 Å². The number of alkyl halides is 5. The first-order valence-corrected chi connectivity index (χ1v) is 13.0. The van der Waals surface area contributed by atoms with Crippen molar-refractivity contribution in [3.05, 3.63) is 83.2 Å². The van der Waals surface area contributed by atoms with Gasteiger partial charge in [-0.15, -0.1) is 0 Å². The maximum absolute atomic E-state index is 14.0. The zero-order valence-electron chi connectivity index (χ0n) is 22.1. The van der Waals surface area contributed by atoms with Crippen molar-refractivity contribution in [1.29, 1.82) is 0 Å². The van der Waals surface area contributed by atoms with Gasteiger partial charge in [0.1, 0.15) is 17.2 Å². The molecule has 1 aliphatic rings. The van der Waals surface area contributed by atoms with E-state index in [0.29, 0.717) is 16.9 Å². The quantitative estimate of drug-likeness (QED) is 0.241. The minimum atomic E-state index is -4.73. The van der Waals surface area contributed by atoms with Crippen molar-refractivity contribution in [2.24, 2.45) is 0 Å². The summed E-state index contributed by atoms with van der Waals surface area (Å²) in [6, 6.07) is 12.6. The number of carbonyl (C=O) groups is 2. The SMILES string of the molecule is Nc1ccc(CNC(=O)NCc2cc3cc(-c4ccc(C(=O)N5CCC(F)(F)CC5)cc4)cc(C(F)(F)F)c3o2)cn1. The normalized spacial score (nSPS) is 15.0. The number of likely N-dealkylation sites (tertiary alicyclic amines) is 1. The van der Waals surface area contributed by atoms with Gasteiger partial charge in [0.25, 0.3) is 11.8 Å². The van der Waals surface area contributed by atoms with Crippen LogP contribution in [-0.2, 0) is 19.3 Å². The number of furan rings is 1. The van der Waals surface area contributed by atoms with Crippen LogP contribution in [0.3, 0.4) is 0 Å². The number of rotatable bonds is 6. The predicted octanol–water partition coefficient (Wildman–Crippen LogP) is 5.97. The standard InChI is InChI=1S/C29H26F5N5O3/c30-28(31)7-9-39(10-8-28)26(40)19-4-2-18(3-5-19)20-11-21-12-22(42-25(21)23(13-20)29(32,33)34)16-38-27(41)37-15-17-1-6-24(35)36-14-17/h1-6,11-14H,7-10,15-16H2,(H2,35,36)(H2,37,38,41). The van der Waals surface area contributed by atoms with Crippen molar-refractivity contribution < 1.29 is 36.0 Å². The van der Waals surface area contributed by atoms with Gasteiger partial charge in [-0.2, -0.15) is 13.2 Å². The van der Waals surface area contributed by atoms with Crippen molar-refractivity contribution in [2.75, 3.05) is 18.8 Å². The van der Waals surface area contributed by atoms with Crippen LogP contribution in [0.4, 0.5) is 32.6 Å². The molecule has 0 saturated carbocycles. The highest BCUT2D eigenvalue weighted by Crippen LogP contribution is 2.39. The van der Waals surface area contributed by atoms with E-state index in [1.165, 1.54) is 47.5 Å². The van der Waals surface area contributed by atoms with Gasteiger partial charge in [-0.3, -0.25) is 4.79 Å². The van der Waals surface area contributed by atoms with Gasteiger partial charge in [-0.05, 0) is 53.1 Å². The van der Waals surface area contributed by atoms with E-state index in [-0.39, 0.29) is 54.0 Å². The topological polar surface area (TPSA) is 113 Å². The maximum atomic E-state index is 14.0. The molecule has 0 spiro atoms. The zero-order valence-corrected chi connectivity index (χ0v) is 22.1. The van der Waals surface area contributed by atoms with Gasteiger partial charge in [0.15, 0.2) is 0 Å². The Morgan fingerprint density at radius 1 is 0.952 bits per heavy atom. The number of amides is 3. The second-order valence-electron chi connectivity index (χ2n) is 10.0.